The van der Waals surface area contributed by atoms with Crippen LogP contribution in [0.5, 0.6) is 0 Å². The van der Waals surface area contributed by atoms with Gasteiger partial charge in [-0.15, -0.1) is 0 Å². The number of fused-ring (bicyclic) bond motifs is 1. The fourth-order valence-corrected chi connectivity index (χ4v) is 4.11. The second kappa shape index (κ2) is 8.61. The van der Waals surface area contributed by atoms with Gasteiger partial charge >= 0.3 is 0 Å². The van der Waals surface area contributed by atoms with Crippen molar-refractivity contribution in [1.82, 2.24) is 14.4 Å². The predicted molar refractivity (Wildman–Crippen MR) is 114 cm³/mol. The van der Waals surface area contributed by atoms with E-state index in [4.69, 9.17) is 4.42 Å². The molecular weight excluding hydrogens is 378 g/mol. The minimum Gasteiger partial charge on any atom is -0.459 e. The van der Waals surface area contributed by atoms with Crippen molar-refractivity contribution in [3.8, 4) is 0 Å². The van der Waals surface area contributed by atoms with E-state index >= 15 is 0 Å². The van der Waals surface area contributed by atoms with Crippen molar-refractivity contribution in [3.63, 3.8) is 0 Å². The van der Waals surface area contributed by atoms with Gasteiger partial charge in [0.15, 0.2) is 5.76 Å². The Bertz CT molecular complexity index is 992. The number of rotatable bonds is 6. The van der Waals surface area contributed by atoms with Crippen LogP contribution in [-0.4, -0.2) is 45.8 Å². The van der Waals surface area contributed by atoms with Crippen molar-refractivity contribution in [2.24, 2.45) is 5.92 Å². The Morgan fingerprint density at radius 1 is 1.07 bits per heavy atom. The van der Waals surface area contributed by atoms with Gasteiger partial charge in [0, 0.05) is 31.5 Å². The van der Waals surface area contributed by atoms with Gasteiger partial charge in [-0.2, -0.15) is 0 Å². The SMILES string of the molecule is CC(C)CN(CC(=O)N1CCn2cccc2C1c1ccccc1)C(=O)c1ccco1. The Morgan fingerprint density at radius 3 is 2.57 bits per heavy atom. The van der Waals surface area contributed by atoms with Crippen molar-refractivity contribution in [1.29, 1.82) is 0 Å². The third-order valence-corrected chi connectivity index (χ3v) is 5.40. The van der Waals surface area contributed by atoms with Gasteiger partial charge in [0.2, 0.25) is 5.91 Å². The van der Waals surface area contributed by atoms with E-state index in [0.29, 0.717) is 13.1 Å². The van der Waals surface area contributed by atoms with Gasteiger partial charge in [-0.1, -0.05) is 44.2 Å². The van der Waals surface area contributed by atoms with Crippen LogP contribution in [0.2, 0.25) is 0 Å². The van der Waals surface area contributed by atoms with Crippen molar-refractivity contribution in [2.75, 3.05) is 19.6 Å². The number of carbonyl (C=O) groups is 2. The van der Waals surface area contributed by atoms with E-state index in [0.717, 1.165) is 17.8 Å². The minimum atomic E-state index is -0.251. The van der Waals surface area contributed by atoms with Crippen molar-refractivity contribution < 1.29 is 14.0 Å². The molecule has 2 amide bonds. The van der Waals surface area contributed by atoms with Gasteiger partial charge in [-0.05, 0) is 35.7 Å². The molecular formula is C24H27N3O3. The maximum absolute atomic E-state index is 13.5. The molecule has 0 saturated carbocycles. The van der Waals surface area contributed by atoms with Crippen LogP contribution in [0, 0.1) is 5.92 Å². The molecule has 0 radical (unpaired) electrons. The number of aromatic nitrogens is 1. The van der Waals surface area contributed by atoms with Gasteiger partial charge < -0.3 is 18.8 Å². The molecule has 0 saturated heterocycles. The molecule has 1 unspecified atom stereocenters. The number of benzene rings is 1. The third kappa shape index (κ3) is 4.03. The van der Waals surface area contributed by atoms with Crippen molar-refractivity contribution in [2.45, 2.75) is 26.4 Å². The molecule has 6 heteroatoms. The van der Waals surface area contributed by atoms with Gasteiger partial charge in [-0.3, -0.25) is 9.59 Å². The zero-order valence-electron chi connectivity index (χ0n) is 17.4. The van der Waals surface area contributed by atoms with Gasteiger partial charge in [-0.25, -0.2) is 0 Å². The molecule has 0 N–H and O–H groups in total. The standard InChI is InChI=1S/C24H27N3O3/c1-18(2)16-26(24(29)21-11-7-15-30-21)17-22(28)27-14-13-25-12-6-10-20(25)23(27)19-8-4-3-5-9-19/h3-12,15,18,23H,13-14,16-17H2,1-2H3. The first-order valence-electron chi connectivity index (χ1n) is 10.4. The zero-order valence-corrected chi connectivity index (χ0v) is 17.4. The summed E-state index contributed by atoms with van der Waals surface area (Å²) in [4.78, 5) is 29.9. The Morgan fingerprint density at radius 2 is 1.87 bits per heavy atom. The van der Waals surface area contributed by atoms with Crippen LogP contribution in [0.25, 0.3) is 0 Å². The van der Waals surface area contributed by atoms with Gasteiger partial charge in [0.1, 0.15) is 6.54 Å². The average molecular weight is 405 g/mol. The molecule has 3 aromatic rings. The molecule has 0 bridgehead atoms. The third-order valence-electron chi connectivity index (χ3n) is 5.40. The van der Waals surface area contributed by atoms with Crippen LogP contribution < -0.4 is 0 Å². The summed E-state index contributed by atoms with van der Waals surface area (Å²) in [7, 11) is 0. The minimum absolute atomic E-state index is 0.0295. The summed E-state index contributed by atoms with van der Waals surface area (Å²) in [5.41, 5.74) is 2.16. The lowest BCUT2D eigenvalue weighted by molar-refractivity contribution is -0.134. The highest BCUT2D eigenvalue weighted by Gasteiger charge is 2.33. The molecule has 1 aliphatic heterocycles. The van der Waals surface area contributed by atoms with E-state index in [1.165, 1.54) is 6.26 Å². The van der Waals surface area contributed by atoms with Crippen LogP contribution in [0.3, 0.4) is 0 Å². The molecule has 30 heavy (non-hydrogen) atoms. The summed E-state index contributed by atoms with van der Waals surface area (Å²) >= 11 is 0. The van der Waals surface area contributed by atoms with E-state index in [2.05, 4.69) is 16.8 Å². The summed E-state index contributed by atoms with van der Waals surface area (Å²) in [5.74, 6) is 0.186. The Kier molecular flexibility index (Phi) is 5.74. The van der Waals surface area contributed by atoms with Crippen LogP contribution in [0.1, 0.15) is 41.7 Å². The monoisotopic (exact) mass is 405 g/mol. The van der Waals surface area contributed by atoms with Gasteiger partial charge in [0.25, 0.3) is 5.91 Å². The largest absolute Gasteiger partial charge is 0.459 e. The quantitative estimate of drug-likeness (QED) is 0.627. The van der Waals surface area contributed by atoms with Crippen LogP contribution >= 0.6 is 0 Å². The second-order valence-electron chi connectivity index (χ2n) is 8.08. The summed E-state index contributed by atoms with van der Waals surface area (Å²) in [6.07, 6.45) is 3.53. The maximum atomic E-state index is 13.5. The Hall–Kier alpha value is -3.28. The normalized spacial score (nSPS) is 15.8. The highest BCUT2D eigenvalue weighted by molar-refractivity contribution is 5.94. The average Bonchev–Trinajstić information content (AvgIpc) is 3.44. The smallest absolute Gasteiger partial charge is 0.290 e. The lowest BCUT2D eigenvalue weighted by atomic mass is 10.00. The van der Waals surface area contributed by atoms with Crippen LogP contribution in [-0.2, 0) is 11.3 Å². The van der Waals surface area contributed by atoms with Crippen molar-refractivity contribution >= 4 is 11.8 Å². The van der Waals surface area contributed by atoms with Gasteiger partial charge in [0.05, 0.1) is 12.3 Å². The zero-order chi connectivity index (χ0) is 21.1. The second-order valence-corrected chi connectivity index (χ2v) is 8.08. The molecule has 0 spiro atoms. The number of amides is 2. The maximum Gasteiger partial charge on any atom is 0.290 e. The number of hydrogen-bond donors (Lipinski definition) is 0. The number of hydrogen-bond acceptors (Lipinski definition) is 3. The molecule has 3 heterocycles. The first kappa shape index (κ1) is 20.0. The summed E-state index contributed by atoms with van der Waals surface area (Å²) in [6, 6.07) is 17.3. The molecule has 2 aromatic heterocycles. The lowest BCUT2D eigenvalue weighted by Crippen LogP contribution is -2.48. The van der Waals surface area contributed by atoms with E-state index < -0.39 is 0 Å². The first-order chi connectivity index (χ1) is 14.5. The summed E-state index contributed by atoms with van der Waals surface area (Å²) < 4.78 is 7.49. The number of carbonyl (C=O) groups excluding carboxylic acids is 2. The summed E-state index contributed by atoms with van der Waals surface area (Å²) in [5, 5.41) is 0. The summed E-state index contributed by atoms with van der Waals surface area (Å²) in [6.45, 7) is 5.94. The molecule has 1 aromatic carbocycles. The van der Waals surface area contributed by atoms with E-state index in [1.807, 2.05) is 55.1 Å². The Balaban J connectivity index is 1.61. The highest BCUT2D eigenvalue weighted by atomic mass is 16.3. The topological polar surface area (TPSA) is 58.7 Å². The molecule has 0 fully saturated rings. The highest BCUT2D eigenvalue weighted by Crippen LogP contribution is 2.32. The fourth-order valence-electron chi connectivity index (χ4n) is 4.11. The van der Waals surface area contributed by atoms with Crippen LogP contribution in [0.4, 0.5) is 0 Å². The number of furan rings is 1. The fraction of sp³-hybridized carbons (Fsp3) is 0.333. The molecule has 1 aliphatic rings. The Labute approximate surface area is 176 Å². The first-order valence-corrected chi connectivity index (χ1v) is 10.4. The predicted octanol–water partition coefficient (Wildman–Crippen LogP) is 3.81. The molecule has 156 valence electrons. The molecule has 4 rings (SSSR count). The molecule has 1 atom stereocenters. The van der Waals surface area contributed by atoms with E-state index in [-0.39, 0.29) is 36.1 Å². The molecule has 6 nitrogen and oxygen atoms in total. The lowest BCUT2D eigenvalue weighted by Gasteiger charge is -2.38. The van der Waals surface area contributed by atoms with Crippen LogP contribution in [0.15, 0.2) is 71.5 Å². The number of nitrogens with zero attached hydrogens (tertiary/aromatic N) is 3. The van der Waals surface area contributed by atoms with E-state index in [9.17, 15) is 9.59 Å². The van der Waals surface area contributed by atoms with E-state index in [1.54, 1.807) is 17.0 Å². The molecule has 0 aliphatic carbocycles. The van der Waals surface area contributed by atoms with Crippen molar-refractivity contribution in [3.05, 3.63) is 84.1 Å².